The largest absolute Gasteiger partial charge is 0.314 e. The molecule has 1 N–H and O–H groups in total. The molecule has 0 aromatic carbocycles. The van der Waals surface area contributed by atoms with Crippen molar-refractivity contribution in [2.45, 2.75) is 45.6 Å². The summed E-state index contributed by atoms with van der Waals surface area (Å²) in [5, 5.41) is 7.74. The molecule has 1 rings (SSSR count). The van der Waals surface area contributed by atoms with Crippen LogP contribution < -0.4 is 5.32 Å². The van der Waals surface area contributed by atoms with Crippen molar-refractivity contribution in [1.82, 2.24) is 15.1 Å². The van der Waals surface area contributed by atoms with E-state index in [4.69, 9.17) is 0 Å². The Labute approximate surface area is 92.9 Å². The molecule has 0 aliphatic heterocycles. The van der Waals surface area contributed by atoms with Crippen molar-refractivity contribution in [2.75, 3.05) is 6.54 Å². The van der Waals surface area contributed by atoms with E-state index in [-0.39, 0.29) is 0 Å². The van der Waals surface area contributed by atoms with Crippen LogP contribution in [0.5, 0.6) is 0 Å². The smallest absolute Gasteiger partial charge is 0.0522 e. The van der Waals surface area contributed by atoms with E-state index in [9.17, 15) is 0 Å². The van der Waals surface area contributed by atoms with Gasteiger partial charge in [0, 0.05) is 19.3 Å². The maximum atomic E-state index is 4.20. The van der Waals surface area contributed by atoms with Gasteiger partial charge < -0.3 is 5.32 Å². The lowest BCUT2D eigenvalue weighted by Crippen LogP contribution is -2.30. The van der Waals surface area contributed by atoms with Crippen molar-refractivity contribution in [3.05, 3.63) is 18.0 Å². The van der Waals surface area contributed by atoms with Crippen LogP contribution in [-0.4, -0.2) is 22.4 Å². The van der Waals surface area contributed by atoms with Crippen molar-refractivity contribution in [2.24, 2.45) is 7.05 Å². The molecule has 0 aliphatic rings. The lowest BCUT2D eigenvalue weighted by atomic mass is 10.0. The fourth-order valence-electron chi connectivity index (χ4n) is 1.88. The number of rotatable bonds is 7. The van der Waals surface area contributed by atoms with Crippen LogP contribution in [0.2, 0.25) is 0 Å². The monoisotopic (exact) mass is 209 g/mol. The van der Waals surface area contributed by atoms with Crippen molar-refractivity contribution in [3.8, 4) is 0 Å². The zero-order chi connectivity index (χ0) is 11.1. The van der Waals surface area contributed by atoms with Crippen LogP contribution in [0.1, 0.15) is 38.7 Å². The predicted molar refractivity (Wildman–Crippen MR) is 63.9 cm³/mol. The fraction of sp³-hybridized carbons (Fsp3) is 0.750. The summed E-state index contributed by atoms with van der Waals surface area (Å²) in [7, 11) is 1.97. The van der Waals surface area contributed by atoms with Crippen molar-refractivity contribution in [1.29, 1.82) is 0 Å². The summed E-state index contributed by atoms with van der Waals surface area (Å²) in [5.74, 6) is 0. The number of nitrogens with zero attached hydrogens (tertiary/aromatic N) is 2. The van der Waals surface area contributed by atoms with E-state index in [1.807, 2.05) is 17.9 Å². The normalized spacial score (nSPS) is 13.0. The van der Waals surface area contributed by atoms with E-state index >= 15 is 0 Å². The van der Waals surface area contributed by atoms with Crippen LogP contribution in [-0.2, 0) is 13.5 Å². The second-order valence-electron chi connectivity index (χ2n) is 4.12. The van der Waals surface area contributed by atoms with Crippen molar-refractivity contribution >= 4 is 0 Å². The molecule has 1 unspecified atom stereocenters. The molecule has 1 heterocycles. The lowest BCUT2D eigenvalue weighted by Gasteiger charge is -2.16. The number of unbranched alkanes of at least 4 members (excludes halogenated alkanes) is 1. The first-order valence-corrected chi connectivity index (χ1v) is 5.97. The maximum Gasteiger partial charge on any atom is 0.0522 e. The molecule has 1 aromatic rings. The minimum absolute atomic E-state index is 0.610. The first-order valence-electron chi connectivity index (χ1n) is 5.97. The van der Waals surface area contributed by atoms with E-state index in [1.54, 1.807) is 0 Å². The van der Waals surface area contributed by atoms with Gasteiger partial charge in [-0.15, -0.1) is 0 Å². The maximum absolute atomic E-state index is 4.20. The molecular weight excluding hydrogens is 186 g/mol. The molecule has 0 amide bonds. The quantitative estimate of drug-likeness (QED) is 0.745. The van der Waals surface area contributed by atoms with E-state index in [2.05, 4.69) is 30.5 Å². The van der Waals surface area contributed by atoms with Crippen molar-refractivity contribution in [3.63, 3.8) is 0 Å². The number of hydrogen-bond acceptors (Lipinski definition) is 2. The molecule has 86 valence electrons. The molecule has 15 heavy (non-hydrogen) atoms. The van der Waals surface area contributed by atoms with E-state index in [0.29, 0.717) is 6.04 Å². The first-order chi connectivity index (χ1) is 7.26. The predicted octanol–water partition coefficient (Wildman–Crippen LogP) is 2.13. The van der Waals surface area contributed by atoms with Gasteiger partial charge >= 0.3 is 0 Å². The molecule has 1 aromatic heterocycles. The molecular formula is C12H23N3. The van der Waals surface area contributed by atoms with E-state index in [1.165, 1.54) is 24.8 Å². The molecule has 0 saturated carbocycles. The highest BCUT2D eigenvalue weighted by Gasteiger charge is 2.08. The van der Waals surface area contributed by atoms with Gasteiger partial charge in [-0.25, -0.2) is 0 Å². The topological polar surface area (TPSA) is 29.9 Å². The number of nitrogens with one attached hydrogen (secondary N) is 1. The second-order valence-corrected chi connectivity index (χ2v) is 4.12. The van der Waals surface area contributed by atoms with E-state index < -0.39 is 0 Å². The standard InChI is InChI=1S/C12H23N3/c1-4-6-7-12(13-5-2)8-11-9-14-15(3)10-11/h9-10,12-13H,4-8H2,1-3H3. The average molecular weight is 209 g/mol. The minimum atomic E-state index is 0.610. The number of hydrogen-bond donors (Lipinski definition) is 1. The number of likely N-dealkylation sites (N-methyl/N-ethyl adjacent to an activating group) is 1. The highest BCUT2D eigenvalue weighted by Crippen LogP contribution is 2.08. The number of aryl methyl sites for hydroxylation is 1. The van der Waals surface area contributed by atoms with Crippen LogP contribution >= 0.6 is 0 Å². The molecule has 3 nitrogen and oxygen atoms in total. The molecule has 0 fully saturated rings. The molecule has 0 radical (unpaired) electrons. The Bertz CT molecular complexity index is 268. The van der Waals surface area contributed by atoms with Gasteiger partial charge in [0.2, 0.25) is 0 Å². The van der Waals surface area contributed by atoms with Crippen LogP contribution in [0.3, 0.4) is 0 Å². The Kier molecular flexibility index (Phi) is 5.40. The van der Waals surface area contributed by atoms with Crippen LogP contribution in [0.25, 0.3) is 0 Å². The first kappa shape index (κ1) is 12.2. The third-order valence-electron chi connectivity index (χ3n) is 2.64. The van der Waals surface area contributed by atoms with Gasteiger partial charge in [0.1, 0.15) is 0 Å². The molecule has 3 heteroatoms. The van der Waals surface area contributed by atoms with Crippen molar-refractivity contribution < 1.29 is 0 Å². The molecule has 1 atom stereocenters. The van der Waals surface area contributed by atoms with Gasteiger partial charge in [-0.2, -0.15) is 5.10 Å². The Hall–Kier alpha value is -0.830. The molecule has 0 saturated heterocycles. The molecule has 0 aliphatic carbocycles. The highest BCUT2D eigenvalue weighted by atomic mass is 15.2. The van der Waals surface area contributed by atoms with Gasteiger partial charge in [-0.1, -0.05) is 26.7 Å². The SMILES string of the molecule is CCCCC(Cc1cnn(C)c1)NCC. The summed E-state index contributed by atoms with van der Waals surface area (Å²) < 4.78 is 1.87. The molecule has 0 spiro atoms. The van der Waals surface area contributed by atoms with E-state index in [0.717, 1.165) is 13.0 Å². The minimum Gasteiger partial charge on any atom is -0.314 e. The third kappa shape index (κ3) is 4.47. The summed E-state index contributed by atoms with van der Waals surface area (Å²) in [6, 6.07) is 0.610. The number of aromatic nitrogens is 2. The van der Waals surface area contributed by atoms with Gasteiger partial charge in [0.05, 0.1) is 6.20 Å². The Morgan fingerprint density at radius 2 is 2.27 bits per heavy atom. The average Bonchev–Trinajstić information content (AvgIpc) is 2.61. The fourth-order valence-corrected chi connectivity index (χ4v) is 1.88. The van der Waals surface area contributed by atoms with Gasteiger partial charge in [0.25, 0.3) is 0 Å². The van der Waals surface area contributed by atoms with Crippen LogP contribution in [0.4, 0.5) is 0 Å². The van der Waals surface area contributed by atoms with Crippen LogP contribution in [0.15, 0.2) is 12.4 Å². The Morgan fingerprint density at radius 1 is 1.47 bits per heavy atom. The van der Waals surface area contributed by atoms with Gasteiger partial charge in [-0.05, 0) is 24.9 Å². The van der Waals surface area contributed by atoms with Gasteiger partial charge in [0.15, 0.2) is 0 Å². The summed E-state index contributed by atoms with van der Waals surface area (Å²) in [5.41, 5.74) is 1.33. The summed E-state index contributed by atoms with van der Waals surface area (Å²) in [6.07, 6.45) is 9.01. The summed E-state index contributed by atoms with van der Waals surface area (Å²) >= 11 is 0. The Balaban J connectivity index is 2.42. The summed E-state index contributed by atoms with van der Waals surface area (Å²) in [6.45, 7) is 5.46. The lowest BCUT2D eigenvalue weighted by molar-refractivity contribution is 0.473. The third-order valence-corrected chi connectivity index (χ3v) is 2.64. The zero-order valence-corrected chi connectivity index (χ0v) is 10.2. The second kappa shape index (κ2) is 6.62. The highest BCUT2D eigenvalue weighted by molar-refractivity contribution is 5.05. The molecule has 0 bridgehead atoms. The Morgan fingerprint density at radius 3 is 2.80 bits per heavy atom. The zero-order valence-electron chi connectivity index (χ0n) is 10.2. The van der Waals surface area contributed by atoms with Crippen LogP contribution in [0, 0.1) is 0 Å². The summed E-state index contributed by atoms with van der Waals surface area (Å²) in [4.78, 5) is 0. The van der Waals surface area contributed by atoms with Gasteiger partial charge in [-0.3, -0.25) is 4.68 Å².